The summed E-state index contributed by atoms with van der Waals surface area (Å²) in [6, 6.07) is 5.14. The topological polar surface area (TPSA) is 34.1 Å². The Morgan fingerprint density at radius 2 is 1.73 bits per heavy atom. The molecule has 2 heteroatoms. The minimum atomic E-state index is 0.450. The summed E-state index contributed by atoms with van der Waals surface area (Å²) in [4.78, 5) is 20.7. The Hall–Kier alpha value is -1.44. The third-order valence-corrected chi connectivity index (χ3v) is 1.50. The standard InChI is InChI=1S/C9H8O2/c1-7-2-3-8(5-10)9(4-7)6-11/h2-6H,1H3. The Balaban J connectivity index is 3.26. The summed E-state index contributed by atoms with van der Waals surface area (Å²) < 4.78 is 0. The van der Waals surface area contributed by atoms with Crippen molar-refractivity contribution in [1.82, 2.24) is 0 Å². The molecule has 1 aromatic rings. The molecule has 0 saturated carbocycles. The molecule has 0 spiro atoms. The zero-order valence-corrected chi connectivity index (χ0v) is 6.20. The zero-order valence-electron chi connectivity index (χ0n) is 6.20. The second-order valence-electron chi connectivity index (χ2n) is 2.37. The normalized spacial score (nSPS) is 9.18. The van der Waals surface area contributed by atoms with Crippen molar-refractivity contribution in [1.29, 1.82) is 0 Å². The van der Waals surface area contributed by atoms with E-state index in [0.29, 0.717) is 23.7 Å². The van der Waals surface area contributed by atoms with Gasteiger partial charge in [0.2, 0.25) is 0 Å². The SMILES string of the molecule is Cc1ccc(C=O)c(C=O)c1. The van der Waals surface area contributed by atoms with Crippen molar-refractivity contribution in [2.24, 2.45) is 0 Å². The van der Waals surface area contributed by atoms with Gasteiger partial charge in [-0.2, -0.15) is 0 Å². The van der Waals surface area contributed by atoms with Gasteiger partial charge in [0.25, 0.3) is 0 Å². The van der Waals surface area contributed by atoms with E-state index in [1.165, 1.54) is 0 Å². The van der Waals surface area contributed by atoms with Crippen LogP contribution in [0.25, 0.3) is 0 Å². The van der Waals surface area contributed by atoms with Gasteiger partial charge in [-0.25, -0.2) is 0 Å². The molecule has 11 heavy (non-hydrogen) atoms. The van der Waals surface area contributed by atoms with Crippen molar-refractivity contribution in [3.05, 3.63) is 34.9 Å². The van der Waals surface area contributed by atoms with Crippen molar-refractivity contribution in [2.45, 2.75) is 6.92 Å². The molecule has 1 aromatic carbocycles. The number of carbonyl (C=O) groups excluding carboxylic acids is 2. The van der Waals surface area contributed by atoms with Gasteiger partial charge in [0.1, 0.15) is 0 Å². The number of hydrogen-bond acceptors (Lipinski definition) is 2. The molecule has 0 aliphatic heterocycles. The second-order valence-corrected chi connectivity index (χ2v) is 2.37. The first-order valence-electron chi connectivity index (χ1n) is 3.29. The summed E-state index contributed by atoms with van der Waals surface area (Å²) in [6.45, 7) is 1.88. The summed E-state index contributed by atoms with van der Waals surface area (Å²) >= 11 is 0. The summed E-state index contributed by atoms with van der Waals surface area (Å²) in [5, 5.41) is 0. The van der Waals surface area contributed by atoms with Crippen LogP contribution in [-0.4, -0.2) is 12.6 Å². The molecule has 0 atom stereocenters. The predicted molar refractivity (Wildman–Crippen MR) is 42.0 cm³/mol. The molecule has 1 rings (SSSR count). The van der Waals surface area contributed by atoms with Crippen molar-refractivity contribution in [3.63, 3.8) is 0 Å². The molecule has 56 valence electrons. The van der Waals surface area contributed by atoms with Crippen LogP contribution < -0.4 is 0 Å². The predicted octanol–water partition coefficient (Wildman–Crippen LogP) is 1.62. The van der Waals surface area contributed by atoms with E-state index >= 15 is 0 Å². The van der Waals surface area contributed by atoms with E-state index in [9.17, 15) is 9.59 Å². The molecule has 0 fully saturated rings. The number of hydrogen-bond donors (Lipinski definition) is 0. The number of aryl methyl sites for hydroxylation is 1. The van der Waals surface area contributed by atoms with Gasteiger partial charge in [0.05, 0.1) is 0 Å². The first-order valence-corrected chi connectivity index (χ1v) is 3.29. The maximum Gasteiger partial charge on any atom is 0.150 e. The Kier molecular flexibility index (Phi) is 2.16. The first-order chi connectivity index (χ1) is 5.27. The molecule has 0 aromatic heterocycles. The minimum absolute atomic E-state index is 0.450. The van der Waals surface area contributed by atoms with Crippen LogP contribution in [-0.2, 0) is 0 Å². The second kappa shape index (κ2) is 3.10. The van der Waals surface area contributed by atoms with E-state index in [-0.39, 0.29) is 0 Å². The van der Waals surface area contributed by atoms with Crippen molar-refractivity contribution in [3.8, 4) is 0 Å². The van der Waals surface area contributed by atoms with E-state index in [1.807, 2.05) is 6.92 Å². The largest absolute Gasteiger partial charge is 0.298 e. The highest BCUT2D eigenvalue weighted by Gasteiger charge is 1.98. The molecular formula is C9H8O2. The molecule has 0 aliphatic carbocycles. The summed E-state index contributed by atoms with van der Waals surface area (Å²) in [7, 11) is 0. The maximum absolute atomic E-state index is 10.4. The van der Waals surface area contributed by atoms with Crippen LogP contribution in [0.2, 0.25) is 0 Å². The summed E-state index contributed by atoms with van der Waals surface area (Å²) in [5.41, 5.74) is 1.89. The molecule has 0 bridgehead atoms. The van der Waals surface area contributed by atoms with Crippen LogP contribution in [0.3, 0.4) is 0 Å². The van der Waals surface area contributed by atoms with E-state index in [0.717, 1.165) is 5.56 Å². The van der Waals surface area contributed by atoms with Gasteiger partial charge in [0, 0.05) is 11.1 Å². The third kappa shape index (κ3) is 1.52. The number of rotatable bonds is 2. The highest BCUT2D eigenvalue weighted by molar-refractivity contribution is 5.90. The smallest absolute Gasteiger partial charge is 0.150 e. The zero-order chi connectivity index (χ0) is 8.27. The fraction of sp³-hybridized carbons (Fsp3) is 0.111. The van der Waals surface area contributed by atoms with E-state index in [4.69, 9.17) is 0 Å². The van der Waals surface area contributed by atoms with Gasteiger partial charge in [-0.3, -0.25) is 9.59 Å². The lowest BCUT2D eigenvalue weighted by atomic mass is 10.1. The average Bonchev–Trinajstić information content (AvgIpc) is 2.04. The van der Waals surface area contributed by atoms with Crippen LogP contribution >= 0.6 is 0 Å². The number of aldehydes is 2. The maximum atomic E-state index is 10.4. The Morgan fingerprint density at radius 1 is 1.09 bits per heavy atom. The molecular weight excluding hydrogens is 140 g/mol. The minimum Gasteiger partial charge on any atom is -0.298 e. The van der Waals surface area contributed by atoms with Gasteiger partial charge in [0.15, 0.2) is 12.6 Å². The average molecular weight is 148 g/mol. The lowest BCUT2D eigenvalue weighted by Crippen LogP contribution is -1.90. The summed E-state index contributed by atoms with van der Waals surface area (Å²) in [6.07, 6.45) is 1.37. The van der Waals surface area contributed by atoms with Gasteiger partial charge in [-0.05, 0) is 13.0 Å². The van der Waals surface area contributed by atoms with Crippen LogP contribution in [0, 0.1) is 6.92 Å². The van der Waals surface area contributed by atoms with Crippen LogP contribution in [0.1, 0.15) is 26.3 Å². The summed E-state index contributed by atoms with van der Waals surface area (Å²) in [5.74, 6) is 0. The van der Waals surface area contributed by atoms with Crippen LogP contribution in [0.5, 0.6) is 0 Å². The van der Waals surface area contributed by atoms with E-state index in [2.05, 4.69) is 0 Å². The molecule has 0 unspecified atom stereocenters. The van der Waals surface area contributed by atoms with Crippen molar-refractivity contribution in [2.75, 3.05) is 0 Å². The lowest BCUT2D eigenvalue weighted by Gasteiger charge is -1.96. The fourth-order valence-electron chi connectivity index (χ4n) is 0.904. The van der Waals surface area contributed by atoms with Crippen LogP contribution in [0.15, 0.2) is 18.2 Å². The van der Waals surface area contributed by atoms with Crippen LogP contribution in [0.4, 0.5) is 0 Å². The van der Waals surface area contributed by atoms with Crippen molar-refractivity contribution < 1.29 is 9.59 Å². The lowest BCUT2D eigenvalue weighted by molar-refractivity contribution is 0.109. The van der Waals surface area contributed by atoms with E-state index in [1.54, 1.807) is 18.2 Å². The molecule has 0 N–H and O–H groups in total. The quantitative estimate of drug-likeness (QED) is 0.597. The molecule has 0 aliphatic rings. The molecule has 0 radical (unpaired) electrons. The molecule has 0 amide bonds. The molecule has 0 heterocycles. The fourth-order valence-corrected chi connectivity index (χ4v) is 0.904. The number of carbonyl (C=O) groups is 2. The highest BCUT2D eigenvalue weighted by Crippen LogP contribution is 2.06. The van der Waals surface area contributed by atoms with Gasteiger partial charge >= 0.3 is 0 Å². The first kappa shape index (κ1) is 7.66. The Morgan fingerprint density at radius 3 is 2.27 bits per heavy atom. The van der Waals surface area contributed by atoms with E-state index < -0.39 is 0 Å². The Labute approximate surface area is 64.8 Å². The molecule has 0 saturated heterocycles. The number of benzene rings is 1. The monoisotopic (exact) mass is 148 g/mol. The molecule has 2 nitrogen and oxygen atoms in total. The highest BCUT2D eigenvalue weighted by atomic mass is 16.1. The van der Waals surface area contributed by atoms with Crippen molar-refractivity contribution >= 4 is 12.6 Å². The van der Waals surface area contributed by atoms with Gasteiger partial charge in [-0.1, -0.05) is 17.7 Å². The Bertz CT molecular complexity index is 290. The van der Waals surface area contributed by atoms with Gasteiger partial charge in [-0.15, -0.1) is 0 Å². The third-order valence-electron chi connectivity index (χ3n) is 1.50. The van der Waals surface area contributed by atoms with Gasteiger partial charge < -0.3 is 0 Å².